The van der Waals surface area contributed by atoms with Crippen LogP contribution in [0.5, 0.6) is 0 Å². The van der Waals surface area contributed by atoms with Gasteiger partial charge in [-0.05, 0) is 23.8 Å². The van der Waals surface area contributed by atoms with Crippen LogP contribution < -0.4 is 5.73 Å². The zero-order chi connectivity index (χ0) is 14.9. The number of thiophene rings is 1. The molecule has 106 valence electrons. The fraction of sp³-hybridized carbons (Fsp3) is 0.154. The number of anilines is 1. The number of nitrogens with two attached hydrogens (primary N) is 1. The number of hydrogen-bond acceptors (Lipinski definition) is 4. The third-order valence-corrected chi connectivity index (χ3v) is 3.79. The molecule has 3 nitrogen and oxygen atoms in total. The summed E-state index contributed by atoms with van der Waals surface area (Å²) in [6.45, 7) is 0. The quantitative estimate of drug-likeness (QED) is 0.858. The lowest BCUT2D eigenvalue weighted by molar-refractivity contribution is -0.137. The van der Waals surface area contributed by atoms with E-state index in [0.29, 0.717) is 10.4 Å². The second-order valence-electron chi connectivity index (χ2n) is 3.97. The van der Waals surface area contributed by atoms with Crippen LogP contribution in [0.3, 0.4) is 0 Å². The van der Waals surface area contributed by atoms with E-state index < -0.39 is 17.7 Å². The van der Waals surface area contributed by atoms with Crippen LogP contribution in [0.4, 0.5) is 18.9 Å². The number of alkyl halides is 3. The zero-order valence-electron chi connectivity index (χ0n) is 10.3. The summed E-state index contributed by atoms with van der Waals surface area (Å²) in [7, 11) is 1.21. The van der Waals surface area contributed by atoms with E-state index >= 15 is 0 Å². The van der Waals surface area contributed by atoms with Crippen LogP contribution in [0.1, 0.15) is 15.2 Å². The molecule has 0 bridgehead atoms. The fourth-order valence-electron chi connectivity index (χ4n) is 1.65. The maximum Gasteiger partial charge on any atom is 0.416 e. The maximum absolute atomic E-state index is 12.7. The molecular formula is C13H10F3NO2S. The van der Waals surface area contributed by atoms with Crippen molar-refractivity contribution >= 4 is 23.0 Å². The van der Waals surface area contributed by atoms with E-state index in [2.05, 4.69) is 4.74 Å². The average Bonchev–Trinajstić information content (AvgIpc) is 2.79. The van der Waals surface area contributed by atoms with Gasteiger partial charge in [-0.2, -0.15) is 13.2 Å². The number of methoxy groups -OCH3 is 1. The molecule has 0 saturated heterocycles. The first-order valence-electron chi connectivity index (χ1n) is 5.48. The van der Waals surface area contributed by atoms with E-state index in [9.17, 15) is 18.0 Å². The van der Waals surface area contributed by atoms with E-state index in [1.807, 2.05) is 0 Å². The first-order valence-corrected chi connectivity index (χ1v) is 6.30. The highest BCUT2D eigenvalue weighted by Gasteiger charge is 2.30. The van der Waals surface area contributed by atoms with E-state index in [0.717, 1.165) is 23.5 Å². The van der Waals surface area contributed by atoms with Crippen LogP contribution in [-0.4, -0.2) is 13.1 Å². The Morgan fingerprint density at radius 3 is 2.60 bits per heavy atom. The van der Waals surface area contributed by atoms with Gasteiger partial charge < -0.3 is 10.5 Å². The van der Waals surface area contributed by atoms with Crippen molar-refractivity contribution in [3.05, 3.63) is 40.8 Å². The van der Waals surface area contributed by atoms with Crippen molar-refractivity contribution in [1.29, 1.82) is 0 Å². The summed E-state index contributed by atoms with van der Waals surface area (Å²) < 4.78 is 42.5. The molecule has 7 heteroatoms. The first-order chi connectivity index (χ1) is 9.32. The predicted molar refractivity (Wildman–Crippen MR) is 70.5 cm³/mol. The molecule has 0 aliphatic rings. The molecule has 0 amide bonds. The Morgan fingerprint density at radius 1 is 1.30 bits per heavy atom. The fourth-order valence-corrected chi connectivity index (χ4v) is 2.64. The molecule has 0 atom stereocenters. The Bertz CT molecular complexity index is 649. The zero-order valence-corrected chi connectivity index (χ0v) is 11.1. The smallest absolute Gasteiger partial charge is 0.416 e. The second kappa shape index (κ2) is 5.16. The Morgan fingerprint density at radius 2 is 2.00 bits per heavy atom. The van der Waals surface area contributed by atoms with Crippen molar-refractivity contribution in [3.63, 3.8) is 0 Å². The SMILES string of the molecule is COC(=O)c1sc(-c2cccc(C(F)(F)F)c2)cc1N. The minimum Gasteiger partial charge on any atom is -0.465 e. The van der Waals surface area contributed by atoms with Crippen molar-refractivity contribution < 1.29 is 22.7 Å². The summed E-state index contributed by atoms with van der Waals surface area (Å²) in [6, 6.07) is 6.31. The van der Waals surface area contributed by atoms with Gasteiger partial charge in [0.15, 0.2) is 0 Å². The highest BCUT2D eigenvalue weighted by Crippen LogP contribution is 2.36. The normalized spacial score (nSPS) is 11.4. The third-order valence-electron chi connectivity index (χ3n) is 2.61. The van der Waals surface area contributed by atoms with Gasteiger partial charge in [-0.25, -0.2) is 4.79 Å². The minimum absolute atomic E-state index is 0.180. The standard InChI is InChI=1S/C13H10F3NO2S/c1-19-12(18)11-9(17)6-10(20-11)7-3-2-4-8(5-7)13(14,15)16/h2-6H,17H2,1H3. The molecule has 1 aromatic carbocycles. The Hall–Kier alpha value is -2.02. The van der Waals surface area contributed by atoms with Gasteiger partial charge >= 0.3 is 12.1 Å². The largest absolute Gasteiger partial charge is 0.465 e. The van der Waals surface area contributed by atoms with Crippen LogP contribution in [0.15, 0.2) is 30.3 Å². The van der Waals surface area contributed by atoms with Gasteiger partial charge in [-0.3, -0.25) is 0 Å². The molecule has 0 radical (unpaired) electrons. The average molecular weight is 301 g/mol. The topological polar surface area (TPSA) is 52.3 Å². The van der Waals surface area contributed by atoms with Crippen molar-refractivity contribution in [2.75, 3.05) is 12.8 Å². The molecule has 0 fully saturated rings. The lowest BCUT2D eigenvalue weighted by Crippen LogP contribution is -2.04. The summed E-state index contributed by atoms with van der Waals surface area (Å²) in [6.07, 6.45) is -4.41. The van der Waals surface area contributed by atoms with E-state index in [1.54, 1.807) is 0 Å². The van der Waals surface area contributed by atoms with Crippen LogP contribution in [0.25, 0.3) is 10.4 Å². The molecule has 2 N–H and O–H groups in total. The van der Waals surface area contributed by atoms with Gasteiger partial charge in [0.2, 0.25) is 0 Å². The third kappa shape index (κ3) is 2.77. The second-order valence-corrected chi connectivity index (χ2v) is 5.02. The number of rotatable bonds is 2. The molecule has 0 unspecified atom stereocenters. The van der Waals surface area contributed by atoms with Gasteiger partial charge in [-0.1, -0.05) is 12.1 Å². The van der Waals surface area contributed by atoms with Crippen molar-refractivity contribution in [2.45, 2.75) is 6.18 Å². The van der Waals surface area contributed by atoms with Crippen molar-refractivity contribution in [2.24, 2.45) is 0 Å². The summed E-state index contributed by atoms with van der Waals surface area (Å²) in [5.41, 5.74) is 5.46. The molecule has 20 heavy (non-hydrogen) atoms. The highest BCUT2D eigenvalue weighted by molar-refractivity contribution is 7.18. The number of ether oxygens (including phenoxy) is 1. The van der Waals surface area contributed by atoms with Crippen LogP contribution in [-0.2, 0) is 10.9 Å². The molecular weight excluding hydrogens is 291 g/mol. The van der Waals surface area contributed by atoms with Gasteiger partial charge in [0.05, 0.1) is 18.4 Å². The summed E-state index contributed by atoms with van der Waals surface area (Å²) >= 11 is 0.998. The van der Waals surface area contributed by atoms with Gasteiger partial charge in [0, 0.05) is 4.88 Å². The van der Waals surface area contributed by atoms with Crippen LogP contribution >= 0.6 is 11.3 Å². The Balaban J connectivity index is 2.45. The van der Waals surface area contributed by atoms with Gasteiger partial charge in [0.25, 0.3) is 0 Å². The predicted octanol–water partition coefficient (Wildman–Crippen LogP) is 3.80. The van der Waals surface area contributed by atoms with Crippen LogP contribution in [0, 0.1) is 0 Å². The summed E-state index contributed by atoms with van der Waals surface area (Å²) in [5, 5.41) is 0. The number of hydrogen-bond donors (Lipinski definition) is 1. The maximum atomic E-state index is 12.7. The van der Waals surface area contributed by atoms with Crippen molar-refractivity contribution in [3.8, 4) is 10.4 Å². The molecule has 1 heterocycles. The van der Waals surface area contributed by atoms with Crippen molar-refractivity contribution in [1.82, 2.24) is 0 Å². The number of benzene rings is 1. The highest BCUT2D eigenvalue weighted by atomic mass is 32.1. The van der Waals surface area contributed by atoms with E-state index in [1.165, 1.54) is 25.3 Å². The molecule has 0 aliphatic carbocycles. The molecule has 2 aromatic rings. The van der Waals surface area contributed by atoms with Gasteiger partial charge in [-0.15, -0.1) is 11.3 Å². The first kappa shape index (κ1) is 14.4. The van der Waals surface area contributed by atoms with E-state index in [-0.39, 0.29) is 10.6 Å². The molecule has 0 saturated carbocycles. The number of esters is 1. The summed E-state index contributed by atoms with van der Waals surface area (Å²) in [4.78, 5) is 12.1. The van der Waals surface area contributed by atoms with E-state index in [4.69, 9.17) is 5.73 Å². The Kier molecular flexibility index (Phi) is 3.71. The number of carbonyl (C=O) groups excluding carboxylic acids is 1. The molecule has 2 rings (SSSR count). The molecule has 0 spiro atoms. The monoisotopic (exact) mass is 301 g/mol. The lowest BCUT2D eigenvalue weighted by atomic mass is 10.1. The number of nitrogen functional groups attached to an aromatic ring is 1. The molecule has 1 aromatic heterocycles. The Labute approximate surface area is 116 Å². The van der Waals surface area contributed by atoms with Gasteiger partial charge in [0.1, 0.15) is 4.88 Å². The lowest BCUT2D eigenvalue weighted by Gasteiger charge is -2.07. The summed E-state index contributed by atoms with van der Waals surface area (Å²) in [5.74, 6) is -0.606. The number of carbonyl (C=O) groups is 1. The number of halogens is 3. The van der Waals surface area contributed by atoms with Crippen LogP contribution in [0.2, 0.25) is 0 Å². The minimum atomic E-state index is -4.41. The molecule has 0 aliphatic heterocycles.